The number of alkyl halides is 3. The van der Waals surface area contributed by atoms with Crippen LogP contribution < -0.4 is 5.32 Å². The zero-order valence-corrected chi connectivity index (χ0v) is 10.4. The first-order valence-corrected chi connectivity index (χ1v) is 5.64. The zero-order valence-electron chi connectivity index (χ0n) is 10.4. The van der Waals surface area contributed by atoms with E-state index in [0.29, 0.717) is 5.57 Å². The largest absolute Gasteiger partial charge is 0.392 e. The van der Waals surface area contributed by atoms with Crippen LogP contribution in [0.5, 0.6) is 0 Å². The Kier molecular flexibility index (Phi) is 5.01. The summed E-state index contributed by atoms with van der Waals surface area (Å²) >= 11 is 0. The average molecular weight is 255 g/mol. The number of hydrogen-bond donors (Lipinski definition) is 1. The Morgan fingerprint density at radius 2 is 1.83 bits per heavy atom. The number of allylic oxidation sites excluding steroid dienone is 4. The number of halogens is 3. The van der Waals surface area contributed by atoms with Gasteiger partial charge in [0.1, 0.15) is 0 Å². The van der Waals surface area contributed by atoms with Gasteiger partial charge in [-0.2, -0.15) is 13.2 Å². The van der Waals surface area contributed by atoms with Gasteiger partial charge >= 0.3 is 6.18 Å². The summed E-state index contributed by atoms with van der Waals surface area (Å²) < 4.78 is 36.6. The molecule has 0 radical (unpaired) electrons. The summed E-state index contributed by atoms with van der Waals surface area (Å²) in [4.78, 5) is 0. The minimum atomic E-state index is -4.17. The highest BCUT2D eigenvalue weighted by atomic mass is 19.4. The third kappa shape index (κ3) is 4.65. The van der Waals surface area contributed by atoms with Gasteiger partial charge in [-0.05, 0) is 30.2 Å². The van der Waals surface area contributed by atoms with Gasteiger partial charge in [0, 0.05) is 12.7 Å². The van der Waals surface area contributed by atoms with E-state index in [-0.39, 0.29) is 0 Å². The maximum absolute atomic E-state index is 12.2. The third-order valence-electron chi connectivity index (χ3n) is 2.41. The highest BCUT2D eigenvalue weighted by molar-refractivity contribution is 5.74. The van der Waals surface area contributed by atoms with E-state index in [9.17, 15) is 13.2 Å². The van der Waals surface area contributed by atoms with E-state index in [1.54, 1.807) is 38.3 Å². The second-order valence-corrected chi connectivity index (χ2v) is 3.81. The maximum Gasteiger partial charge on any atom is 0.392 e. The molecule has 0 aliphatic carbocycles. The number of hydrogen-bond acceptors (Lipinski definition) is 1. The van der Waals surface area contributed by atoms with Crippen molar-refractivity contribution in [2.45, 2.75) is 19.5 Å². The van der Waals surface area contributed by atoms with Crippen molar-refractivity contribution in [3.63, 3.8) is 0 Å². The van der Waals surface area contributed by atoms with E-state index in [1.807, 2.05) is 12.1 Å². The number of rotatable bonds is 4. The minimum Gasteiger partial charge on any atom is -0.388 e. The lowest BCUT2D eigenvalue weighted by molar-refractivity contribution is -0.124. The molecule has 1 N–H and O–H groups in total. The van der Waals surface area contributed by atoms with E-state index in [1.165, 1.54) is 6.08 Å². The fraction of sp³-hybridized carbons (Fsp3) is 0.286. The Morgan fingerprint density at radius 3 is 2.28 bits per heavy atom. The Balaban J connectivity index is 2.96. The molecule has 1 rings (SSSR count). The molecule has 0 aromatic heterocycles. The molecular formula is C14H16F3N. The van der Waals surface area contributed by atoms with Crippen LogP contribution in [0.4, 0.5) is 18.9 Å². The molecule has 0 atom stereocenters. The summed E-state index contributed by atoms with van der Waals surface area (Å²) in [7, 11) is 1.79. The third-order valence-corrected chi connectivity index (χ3v) is 2.41. The monoisotopic (exact) mass is 255 g/mol. The number of benzene rings is 1. The first kappa shape index (κ1) is 14.4. The molecule has 0 saturated heterocycles. The fourth-order valence-corrected chi connectivity index (χ4v) is 1.52. The van der Waals surface area contributed by atoms with Crippen LogP contribution >= 0.6 is 0 Å². The fourth-order valence-electron chi connectivity index (χ4n) is 1.52. The lowest BCUT2D eigenvalue weighted by Gasteiger charge is -2.07. The van der Waals surface area contributed by atoms with Crippen molar-refractivity contribution >= 4 is 11.3 Å². The Hall–Kier alpha value is -1.71. The normalized spacial score (nSPS) is 13.1. The van der Waals surface area contributed by atoms with Gasteiger partial charge < -0.3 is 5.32 Å². The van der Waals surface area contributed by atoms with Gasteiger partial charge in [0.15, 0.2) is 0 Å². The highest BCUT2D eigenvalue weighted by Crippen LogP contribution is 2.25. The van der Waals surface area contributed by atoms with Gasteiger partial charge in [-0.1, -0.05) is 30.4 Å². The lowest BCUT2D eigenvalue weighted by atomic mass is 10.0. The summed E-state index contributed by atoms with van der Waals surface area (Å²) in [5, 5.41) is 2.96. The molecule has 0 aliphatic rings. The summed E-state index contributed by atoms with van der Waals surface area (Å²) in [6.07, 6.45) is -0.471. The van der Waals surface area contributed by atoms with Crippen molar-refractivity contribution in [3.05, 3.63) is 48.1 Å². The summed E-state index contributed by atoms with van der Waals surface area (Å²) in [6.45, 7) is 1.78. The molecule has 0 unspecified atom stereocenters. The quantitative estimate of drug-likeness (QED) is 0.773. The van der Waals surface area contributed by atoms with E-state index in [2.05, 4.69) is 5.32 Å². The van der Waals surface area contributed by atoms with E-state index in [4.69, 9.17) is 0 Å². The Labute approximate surface area is 105 Å². The first-order valence-electron chi connectivity index (χ1n) is 5.64. The molecule has 1 aromatic carbocycles. The highest BCUT2D eigenvalue weighted by Gasteiger charge is 2.25. The van der Waals surface area contributed by atoms with Crippen LogP contribution in [0.2, 0.25) is 0 Å². The van der Waals surface area contributed by atoms with Crippen molar-refractivity contribution < 1.29 is 13.2 Å². The Bertz CT molecular complexity index is 427. The molecule has 0 spiro atoms. The number of nitrogens with one attached hydrogen (secondary N) is 1. The van der Waals surface area contributed by atoms with Crippen LogP contribution in [0, 0.1) is 0 Å². The molecule has 0 saturated carbocycles. The molecule has 0 amide bonds. The second-order valence-electron chi connectivity index (χ2n) is 3.81. The van der Waals surface area contributed by atoms with E-state index >= 15 is 0 Å². The molecule has 1 nitrogen and oxygen atoms in total. The van der Waals surface area contributed by atoms with Gasteiger partial charge in [0.25, 0.3) is 0 Å². The van der Waals surface area contributed by atoms with Crippen LogP contribution in [0.1, 0.15) is 18.9 Å². The van der Waals surface area contributed by atoms with Gasteiger partial charge in [0.05, 0.1) is 6.42 Å². The number of anilines is 1. The molecule has 4 heteroatoms. The molecule has 0 aliphatic heterocycles. The maximum atomic E-state index is 12.2. The second kappa shape index (κ2) is 6.28. The van der Waals surface area contributed by atoms with Gasteiger partial charge in [-0.3, -0.25) is 0 Å². The average Bonchev–Trinajstić information content (AvgIpc) is 2.33. The van der Waals surface area contributed by atoms with Crippen LogP contribution in [-0.2, 0) is 0 Å². The first-order chi connectivity index (χ1) is 8.46. The minimum absolute atomic E-state index is 0.581. The van der Waals surface area contributed by atoms with Crippen molar-refractivity contribution in [3.8, 4) is 0 Å². The van der Waals surface area contributed by atoms with E-state index < -0.39 is 12.6 Å². The van der Waals surface area contributed by atoms with E-state index in [0.717, 1.165) is 11.3 Å². The van der Waals surface area contributed by atoms with Crippen LogP contribution in [0.25, 0.3) is 5.57 Å². The van der Waals surface area contributed by atoms with Crippen molar-refractivity contribution in [1.82, 2.24) is 0 Å². The van der Waals surface area contributed by atoms with Crippen LogP contribution in [-0.4, -0.2) is 13.2 Å². The molecule has 18 heavy (non-hydrogen) atoms. The lowest BCUT2D eigenvalue weighted by Crippen LogP contribution is -2.04. The van der Waals surface area contributed by atoms with Crippen molar-refractivity contribution in [1.29, 1.82) is 0 Å². The topological polar surface area (TPSA) is 12.0 Å². The summed E-state index contributed by atoms with van der Waals surface area (Å²) in [6, 6.07) is 7.27. The molecule has 0 heterocycles. The van der Waals surface area contributed by atoms with Gasteiger partial charge in [-0.25, -0.2) is 0 Å². The van der Waals surface area contributed by atoms with Crippen LogP contribution in [0.3, 0.4) is 0 Å². The van der Waals surface area contributed by atoms with Crippen molar-refractivity contribution in [2.24, 2.45) is 0 Å². The summed E-state index contributed by atoms with van der Waals surface area (Å²) in [5.74, 6) is 0. The smallest absolute Gasteiger partial charge is 0.388 e. The molecule has 98 valence electrons. The molecule has 0 fully saturated rings. The molecular weight excluding hydrogens is 239 g/mol. The zero-order chi connectivity index (χ0) is 13.6. The SMILES string of the molecule is C/C=C\C(=C/CC(F)(F)F)c1ccc(NC)cc1. The Morgan fingerprint density at radius 1 is 1.22 bits per heavy atom. The van der Waals surface area contributed by atoms with Crippen LogP contribution in [0.15, 0.2) is 42.5 Å². The predicted octanol–water partition coefficient (Wildman–Crippen LogP) is 4.64. The summed E-state index contributed by atoms with van der Waals surface area (Å²) in [5.41, 5.74) is 2.28. The molecule has 1 aromatic rings. The standard InChI is InChI=1S/C14H16F3N/c1-3-4-11(9-10-14(15,16)17)12-5-7-13(18-2)8-6-12/h3-9,18H,10H2,1-2H3/b4-3-,11-9+. The van der Waals surface area contributed by atoms with Gasteiger partial charge in [0.2, 0.25) is 0 Å². The predicted molar refractivity (Wildman–Crippen MR) is 69.5 cm³/mol. The van der Waals surface area contributed by atoms with Gasteiger partial charge in [-0.15, -0.1) is 0 Å². The van der Waals surface area contributed by atoms with Crippen molar-refractivity contribution in [2.75, 3.05) is 12.4 Å². The molecule has 0 bridgehead atoms.